The first kappa shape index (κ1) is 13.6. The lowest BCUT2D eigenvalue weighted by molar-refractivity contribution is -0.119. The van der Waals surface area contributed by atoms with Crippen LogP contribution in [-0.2, 0) is 4.79 Å². The summed E-state index contributed by atoms with van der Waals surface area (Å²) in [6.07, 6.45) is 3.71. The Morgan fingerprint density at radius 2 is 1.79 bits per heavy atom. The van der Waals surface area contributed by atoms with Crippen LogP contribution >= 0.6 is 0 Å². The average Bonchev–Trinajstić information content (AvgIpc) is 2.13. The first-order chi connectivity index (χ1) is 6.60. The first-order valence-electron chi connectivity index (χ1n) is 5.85. The van der Waals surface area contributed by atoms with E-state index in [1.165, 1.54) is 0 Å². The molecule has 2 nitrogen and oxygen atoms in total. The predicted molar refractivity (Wildman–Crippen MR) is 61.5 cm³/mol. The van der Waals surface area contributed by atoms with Crippen LogP contribution in [-0.4, -0.2) is 18.4 Å². The summed E-state index contributed by atoms with van der Waals surface area (Å²) >= 11 is 0. The van der Waals surface area contributed by atoms with Gasteiger partial charge in [0.15, 0.2) is 0 Å². The van der Waals surface area contributed by atoms with Crippen molar-refractivity contribution in [3.8, 4) is 0 Å². The van der Waals surface area contributed by atoms with E-state index >= 15 is 0 Å². The SMILES string of the molecule is CCC(CC)CC(=O)CCNC(C)C. The summed E-state index contributed by atoms with van der Waals surface area (Å²) < 4.78 is 0. The molecule has 0 aliphatic rings. The van der Waals surface area contributed by atoms with Crippen molar-refractivity contribution in [3.05, 3.63) is 0 Å². The Labute approximate surface area is 88.5 Å². The maximum atomic E-state index is 11.5. The first-order valence-corrected chi connectivity index (χ1v) is 5.85. The normalized spacial score (nSPS) is 11.3. The van der Waals surface area contributed by atoms with Gasteiger partial charge in [-0.05, 0) is 5.92 Å². The van der Waals surface area contributed by atoms with Gasteiger partial charge in [-0.1, -0.05) is 40.5 Å². The van der Waals surface area contributed by atoms with Crippen molar-refractivity contribution in [2.45, 2.75) is 59.4 Å². The summed E-state index contributed by atoms with van der Waals surface area (Å²) in [6, 6.07) is 0.482. The van der Waals surface area contributed by atoms with Crippen molar-refractivity contribution < 1.29 is 4.79 Å². The van der Waals surface area contributed by atoms with Gasteiger partial charge in [0.05, 0.1) is 0 Å². The van der Waals surface area contributed by atoms with Crippen LogP contribution in [0.3, 0.4) is 0 Å². The summed E-state index contributed by atoms with van der Waals surface area (Å²) in [5.74, 6) is 1.01. The van der Waals surface area contributed by atoms with Crippen molar-refractivity contribution in [1.82, 2.24) is 5.32 Å². The highest BCUT2D eigenvalue weighted by Crippen LogP contribution is 2.13. The molecule has 14 heavy (non-hydrogen) atoms. The van der Waals surface area contributed by atoms with E-state index in [4.69, 9.17) is 0 Å². The molecule has 0 rings (SSSR count). The minimum Gasteiger partial charge on any atom is -0.314 e. The molecule has 0 heterocycles. The van der Waals surface area contributed by atoms with Gasteiger partial charge in [-0.15, -0.1) is 0 Å². The van der Waals surface area contributed by atoms with Crippen LogP contribution in [0.25, 0.3) is 0 Å². The molecule has 2 heteroatoms. The van der Waals surface area contributed by atoms with Crippen LogP contribution in [0.4, 0.5) is 0 Å². The van der Waals surface area contributed by atoms with E-state index in [2.05, 4.69) is 33.0 Å². The molecule has 0 aromatic carbocycles. The van der Waals surface area contributed by atoms with Crippen molar-refractivity contribution >= 4 is 5.78 Å². The Morgan fingerprint density at radius 3 is 2.21 bits per heavy atom. The van der Waals surface area contributed by atoms with Gasteiger partial charge in [0, 0.05) is 25.4 Å². The van der Waals surface area contributed by atoms with Crippen LogP contribution in [0.15, 0.2) is 0 Å². The Bertz CT molecular complexity index is 150. The van der Waals surface area contributed by atoms with E-state index in [0.29, 0.717) is 24.2 Å². The van der Waals surface area contributed by atoms with E-state index in [-0.39, 0.29) is 0 Å². The van der Waals surface area contributed by atoms with Gasteiger partial charge in [0.25, 0.3) is 0 Å². The number of carbonyl (C=O) groups excluding carboxylic acids is 1. The molecule has 0 saturated carbocycles. The lowest BCUT2D eigenvalue weighted by Gasteiger charge is -2.11. The van der Waals surface area contributed by atoms with Gasteiger partial charge in [-0.2, -0.15) is 0 Å². The molecule has 0 fully saturated rings. The second-order valence-electron chi connectivity index (χ2n) is 4.28. The number of carbonyl (C=O) groups is 1. The summed E-state index contributed by atoms with van der Waals surface area (Å²) in [6.45, 7) is 9.36. The molecule has 0 atom stereocenters. The molecule has 0 radical (unpaired) electrons. The van der Waals surface area contributed by atoms with Gasteiger partial charge in [0.1, 0.15) is 5.78 Å². The van der Waals surface area contributed by atoms with Gasteiger partial charge < -0.3 is 5.32 Å². The lowest BCUT2D eigenvalue weighted by atomic mass is 9.96. The molecule has 0 aliphatic carbocycles. The van der Waals surface area contributed by atoms with Gasteiger partial charge in [-0.25, -0.2) is 0 Å². The third kappa shape index (κ3) is 7.07. The fraction of sp³-hybridized carbons (Fsp3) is 0.917. The van der Waals surface area contributed by atoms with Crippen LogP contribution in [0.5, 0.6) is 0 Å². The monoisotopic (exact) mass is 199 g/mol. The Kier molecular flexibility index (Phi) is 7.77. The zero-order valence-electron chi connectivity index (χ0n) is 10.1. The van der Waals surface area contributed by atoms with E-state index in [1.807, 2.05) is 0 Å². The maximum Gasteiger partial charge on any atom is 0.134 e. The zero-order valence-corrected chi connectivity index (χ0v) is 10.1. The molecule has 0 bridgehead atoms. The van der Waals surface area contributed by atoms with Crippen molar-refractivity contribution in [2.24, 2.45) is 5.92 Å². The quantitative estimate of drug-likeness (QED) is 0.651. The fourth-order valence-corrected chi connectivity index (χ4v) is 1.50. The van der Waals surface area contributed by atoms with Gasteiger partial charge in [0.2, 0.25) is 0 Å². The van der Waals surface area contributed by atoms with E-state index in [1.54, 1.807) is 0 Å². The molecule has 0 aliphatic heterocycles. The standard InChI is InChI=1S/C12H25NO/c1-5-11(6-2)9-12(14)7-8-13-10(3)4/h10-11,13H,5-9H2,1-4H3. The second-order valence-corrected chi connectivity index (χ2v) is 4.28. The van der Waals surface area contributed by atoms with E-state index in [0.717, 1.165) is 25.8 Å². The molecule has 0 amide bonds. The Hall–Kier alpha value is -0.370. The molecule has 1 N–H and O–H groups in total. The van der Waals surface area contributed by atoms with Gasteiger partial charge in [-0.3, -0.25) is 4.79 Å². The predicted octanol–water partition coefficient (Wildman–Crippen LogP) is 2.77. The third-order valence-electron chi connectivity index (χ3n) is 2.63. The molecule has 0 unspecified atom stereocenters. The molecular weight excluding hydrogens is 174 g/mol. The van der Waals surface area contributed by atoms with Crippen LogP contribution in [0.1, 0.15) is 53.4 Å². The molecular formula is C12H25NO. The minimum atomic E-state index is 0.409. The number of hydrogen-bond donors (Lipinski definition) is 1. The average molecular weight is 199 g/mol. The summed E-state index contributed by atoms with van der Waals surface area (Å²) in [5.41, 5.74) is 0. The van der Waals surface area contributed by atoms with E-state index < -0.39 is 0 Å². The number of ketones is 1. The summed E-state index contributed by atoms with van der Waals surface area (Å²) in [5, 5.41) is 3.26. The molecule has 84 valence electrons. The highest BCUT2D eigenvalue weighted by molar-refractivity contribution is 5.78. The summed E-state index contributed by atoms with van der Waals surface area (Å²) in [7, 11) is 0. The number of nitrogens with one attached hydrogen (secondary N) is 1. The summed E-state index contributed by atoms with van der Waals surface area (Å²) in [4.78, 5) is 11.5. The minimum absolute atomic E-state index is 0.409. The molecule has 0 saturated heterocycles. The zero-order chi connectivity index (χ0) is 11.0. The lowest BCUT2D eigenvalue weighted by Crippen LogP contribution is -2.25. The number of Topliss-reactive ketones (excluding diaryl/α,β-unsaturated/α-hetero) is 1. The second kappa shape index (κ2) is 7.98. The number of hydrogen-bond acceptors (Lipinski definition) is 2. The molecule has 0 spiro atoms. The van der Waals surface area contributed by atoms with Crippen molar-refractivity contribution in [3.63, 3.8) is 0 Å². The van der Waals surface area contributed by atoms with E-state index in [9.17, 15) is 4.79 Å². The molecule has 0 aromatic rings. The smallest absolute Gasteiger partial charge is 0.134 e. The van der Waals surface area contributed by atoms with Crippen LogP contribution in [0.2, 0.25) is 0 Å². The van der Waals surface area contributed by atoms with Crippen LogP contribution in [0, 0.1) is 5.92 Å². The largest absolute Gasteiger partial charge is 0.314 e. The van der Waals surface area contributed by atoms with Crippen molar-refractivity contribution in [2.75, 3.05) is 6.54 Å². The Morgan fingerprint density at radius 1 is 1.21 bits per heavy atom. The van der Waals surface area contributed by atoms with Crippen LogP contribution < -0.4 is 5.32 Å². The highest BCUT2D eigenvalue weighted by atomic mass is 16.1. The maximum absolute atomic E-state index is 11.5. The molecule has 0 aromatic heterocycles. The number of rotatable bonds is 8. The topological polar surface area (TPSA) is 29.1 Å². The van der Waals surface area contributed by atoms with Crippen molar-refractivity contribution in [1.29, 1.82) is 0 Å². The highest BCUT2D eigenvalue weighted by Gasteiger charge is 2.09. The van der Waals surface area contributed by atoms with Gasteiger partial charge >= 0.3 is 0 Å². The Balaban J connectivity index is 3.54. The fourth-order valence-electron chi connectivity index (χ4n) is 1.50. The third-order valence-corrected chi connectivity index (χ3v) is 2.63.